The van der Waals surface area contributed by atoms with Gasteiger partial charge in [-0.3, -0.25) is 9.36 Å². The number of anilines is 1. The number of carbonyl (C=O) groups is 1. The second kappa shape index (κ2) is 7.21. The zero-order valence-corrected chi connectivity index (χ0v) is 14.4. The molecule has 0 atom stereocenters. The predicted octanol–water partition coefficient (Wildman–Crippen LogP) is 3.76. The fourth-order valence-corrected chi connectivity index (χ4v) is 2.87. The van der Waals surface area contributed by atoms with Crippen LogP contribution in [0.5, 0.6) is 11.5 Å². The molecule has 0 saturated carbocycles. The maximum absolute atomic E-state index is 12.5. The molecule has 0 aliphatic rings. The molecule has 3 aromatic carbocycles. The van der Waals surface area contributed by atoms with Crippen LogP contribution < -0.4 is 15.7 Å². The molecule has 2 N–H and O–H groups in total. The highest BCUT2D eigenvalue weighted by Gasteiger charge is 2.12. The molecular formula is C21H17N3O3. The summed E-state index contributed by atoms with van der Waals surface area (Å²) in [4.78, 5) is 27.4. The van der Waals surface area contributed by atoms with Crippen molar-refractivity contribution in [1.82, 2.24) is 9.55 Å². The molecule has 0 fully saturated rings. The maximum Gasteiger partial charge on any atom is 0.326 e. The third-order valence-electron chi connectivity index (χ3n) is 4.12. The molecule has 0 spiro atoms. The van der Waals surface area contributed by atoms with E-state index in [1.165, 1.54) is 4.57 Å². The summed E-state index contributed by atoms with van der Waals surface area (Å²) in [6, 6.07) is 23.8. The van der Waals surface area contributed by atoms with Crippen LogP contribution in [0.15, 0.2) is 83.7 Å². The van der Waals surface area contributed by atoms with Crippen molar-refractivity contribution in [2.75, 3.05) is 5.32 Å². The number of ether oxygens (including phenoxy) is 1. The molecule has 0 radical (unpaired) electrons. The zero-order chi connectivity index (χ0) is 18.6. The SMILES string of the molecule is O=C(Cn1c(=O)[nH]c2ccccc21)Nc1ccccc1Oc1ccccc1. The van der Waals surface area contributed by atoms with Gasteiger partial charge < -0.3 is 15.0 Å². The number of para-hydroxylation sites is 5. The number of aromatic nitrogens is 2. The summed E-state index contributed by atoms with van der Waals surface area (Å²) in [6.45, 7) is -0.0947. The summed E-state index contributed by atoms with van der Waals surface area (Å²) in [7, 11) is 0. The molecule has 134 valence electrons. The topological polar surface area (TPSA) is 76.1 Å². The van der Waals surface area contributed by atoms with Crippen molar-refractivity contribution in [2.45, 2.75) is 6.54 Å². The first-order valence-corrected chi connectivity index (χ1v) is 8.50. The minimum atomic E-state index is -0.319. The van der Waals surface area contributed by atoms with Gasteiger partial charge in [-0.2, -0.15) is 0 Å². The number of nitrogens with one attached hydrogen (secondary N) is 2. The molecule has 0 saturated heterocycles. The number of fused-ring (bicyclic) bond motifs is 1. The summed E-state index contributed by atoms with van der Waals surface area (Å²) in [5.41, 5.74) is 1.61. The Labute approximate surface area is 155 Å². The van der Waals surface area contributed by atoms with Crippen molar-refractivity contribution < 1.29 is 9.53 Å². The summed E-state index contributed by atoms with van der Waals surface area (Å²) in [5.74, 6) is 0.890. The van der Waals surface area contributed by atoms with E-state index in [1.54, 1.807) is 24.3 Å². The highest BCUT2D eigenvalue weighted by atomic mass is 16.5. The van der Waals surface area contributed by atoms with Gasteiger partial charge in [-0.15, -0.1) is 0 Å². The largest absolute Gasteiger partial charge is 0.455 e. The van der Waals surface area contributed by atoms with Crippen molar-refractivity contribution in [2.24, 2.45) is 0 Å². The monoisotopic (exact) mass is 359 g/mol. The highest BCUT2D eigenvalue weighted by molar-refractivity contribution is 5.93. The first-order chi connectivity index (χ1) is 13.2. The van der Waals surface area contributed by atoms with Gasteiger partial charge in [-0.1, -0.05) is 42.5 Å². The lowest BCUT2D eigenvalue weighted by Gasteiger charge is -2.12. The fourth-order valence-electron chi connectivity index (χ4n) is 2.87. The van der Waals surface area contributed by atoms with Crippen molar-refractivity contribution >= 4 is 22.6 Å². The van der Waals surface area contributed by atoms with E-state index in [9.17, 15) is 9.59 Å². The van der Waals surface area contributed by atoms with Crippen LogP contribution in [0.25, 0.3) is 11.0 Å². The highest BCUT2D eigenvalue weighted by Crippen LogP contribution is 2.29. The molecule has 6 nitrogen and oxygen atoms in total. The molecule has 0 aliphatic heterocycles. The minimum Gasteiger partial charge on any atom is -0.455 e. The molecule has 1 aromatic heterocycles. The molecule has 0 aliphatic carbocycles. The van der Waals surface area contributed by atoms with Crippen molar-refractivity contribution in [1.29, 1.82) is 0 Å². The van der Waals surface area contributed by atoms with E-state index in [2.05, 4.69) is 10.3 Å². The number of nitrogens with zero attached hydrogens (tertiary/aromatic N) is 1. The van der Waals surface area contributed by atoms with Crippen LogP contribution in [0.3, 0.4) is 0 Å². The standard InChI is InChI=1S/C21H17N3O3/c25-20(14-24-18-12-6-4-10-16(18)23-21(24)26)22-17-11-5-7-13-19(17)27-15-8-2-1-3-9-15/h1-13H,14H2,(H,22,25)(H,23,26). The molecule has 0 unspecified atom stereocenters. The molecule has 27 heavy (non-hydrogen) atoms. The molecular weight excluding hydrogens is 342 g/mol. The Morgan fingerprint density at radius 3 is 2.48 bits per heavy atom. The lowest BCUT2D eigenvalue weighted by molar-refractivity contribution is -0.116. The molecule has 6 heteroatoms. The van der Waals surface area contributed by atoms with Crippen LogP contribution in [-0.2, 0) is 11.3 Å². The number of hydrogen-bond acceptors (Lipinski definition) is 3. The number of rotatable bonds is 5. The van der Waals surface area contributed by atoms with E-state index < -0.39 is 0 Å². The Kier molecular flexibility index (Phi) is 4.45. The van der Waals surface area contributed by atoms with E-state index in [0.29, 0.717) is 28.2 Å². The van der Waals surface area contributed by atoms with Crippen molar-refractivity contribution in [3.8, 4) is 11.5 Å². The van der Waals surface area contributed by atoms with Gasteiger partial charge in [-0.25, -0.2) is 4.79 Å². The lowest BCUT2D eigenvalue weighted by atomic mass is 10.2. The van der Waals surface area contributed by atoms with Gasteiger partial charge in [0.15, 0.2) is 5.75 Å². The summed E-state index contributed by atoms with van der Waals surface area (Å²) < 4.78 is 7.26. The van der Waals surface area contributed by atoms with Crippen LogP contribution in [0.1, 0.15) is 0 Å². The Hall–Kier alpha value is -3.80. The van der Waals surface area contributed by atoms with E-state index in [-0.39, 0.29) is 18.1 Å². The van der Waals surface area contributed by atoms with Crippen LogP contribution in [0.4, 0.5) is 5.69 Å². The second-order valence-corrected chi connectivity index (χ2v) is 5.99. The van der Waals surface area contributed by atoms with Gasteiger partial charge in [-0.05, 0) is 36.4 Å². The van der Waals surface area contributed by atoms with Crippen molar-refractivity contribution in [3.63, 3.8) is 0 Å². The van der Waals surface area contributed by atoms with Crippen LogP contribution in [0, 0.1) is 0 Å². The third kappa shape index (κ3) is 3.59. The van der Waals surface area contributed by atoms with Gasteiger partial charge in [0.1, 0.15) is 12.3 Å². The lowest BCUT2D eigenvalue weighted by Crippen LogP contribution is -2.26. The predicted molar refractivity (Wildman–Crippen MR) is 104 cm³/mol. The van der Waals surface area contributed by atoms with E-state index >= 15 is 0 Å². The summed E-state index contributed by atoms with van der Waals surface area (Å²) in [5, 5.41) is 2.82. The van der Waals surface area contributed by atoms with E-state index in [1.807, 2.05) is 54.6 Å². The Bertz CT molecular complexity index is 1150. The number of H-pyrrole nitrogens is 1. The summed E-state index contributed by atoms with van der Waals surface area (Å²) in [6.07, 6.45) is 0. The average Bonchev–Trinajstić information content (AvgIpc) is 2.99. The molecule has 4 rings (SSSR count). The fraction of sp³-hybridized carbons (Fsp3) is 0.0476. The first kappa shape index (κ1) is 16.7. The maximum atomic E-state index is 12.5. The molecule has 1 amide bonds. The number of amides is 1. The van der Waals surface area contributed by atoms with E-state index in [4.69, 9.17) is 4.74 Å². The van der Waals surface area contributed by atoms with Crippen LogP contribution in [-0.4, -0.2) is 15.5 Å². The molecule has 0 bridgehead atoms. The smallest absolute Gasteiger partial charge is 0.326 e. The van der Waals surface area contributed by atoms with E-state index in [0.717, 1.165) is 0 Å². The zero-order valence-electron chi connectivity index (χ0n) is 14.4. The number of benzene rings is 3. The Morgan fingerprint density at radius 2 is 1.63 bits per heavy atom. The van der Waals surface area contributed by atoms with Crippen LogP contribution in [0.2, 0.25) is 0 Å². The Morgan fingerprint density at radius 1 is 0.926 bits per heavy atom. The van der Waals surface area contributed by atoms with Gasteiger partial charge in [0.25, 0.3) is 0 Å². The first-order valence-electron chi connectivity index (χ1n) is 8.50. The van der Waals surface area contributed by atoms with Crippen molar-refractivity contribution in [3.05, 3.63) is 89.3 Å². The number of carbonyl (C=O) groups excluding carboxylic acids is 1. The van der Waals surface area contributed by atoms with Crippen LogP contribution >= 0.6 is 0 Å². The van der Waals surface area contributed by atoms with Gasteiger partial charge in [0.2, 0.25) is 5.91 Å². The number of imidazole rings is 1. The van der Waals surface area contributed by atoms with Gasteiger partial charge in [0.05, 0.1) is 16.7 Å². The summed E-state index contributed by atoms with van der Waals surface area (Å²) >= 11 is 0. The minimum absolute atomic E-state index is 0.0947. The number of hydrogen-bond donors (Lipinski definition) is 2. The second-order valence-electron chi connectivity index (χ2n) is 5.99. The third-order valence-corrected chi connectivity index (χ3v) is 4.12. The van der Waals surface area contributed by atoms with Gasteiger partial charge >= 0.3 is 5.69 Å². The molecule has 1 heterocycles. The quantitative estimate of drug-likeness (QED) is 0.570. The number of aromatic amines is 1. The normalized spacial score (nSPS) is 10.7. The Balaban J connectivity index is 1.55. The van der Waals surface area contributed by atoms with Gasteiger partial charge in [0, 0.05) is 0 Å². The average molecular weight is 359 g/mol. The molecule has 4 aromatic rings.